The molecule has 108 valence electrons. The van der Waals surface area contributed by atoms with Gasteiger partial charge in [-0.25, -0.2) is 0 Å². The zero-order valence-corrected chi connectivity index (χ0v) is 11.3. The number of amides is 1. The molecule has 0 aliphatic heterocycles. The first-order valence-electron chi connectivity index (χ1n) is 6.52. The van der Waals surface area contributed by atoms with Crippen molar-refractivity contribution in [3.63, 3.8) is 0 Å². The number of carbonyl (C=O) groups excluding carboxylic acids is 1. The molecule has 0 aliphatic rings. The second-order valence-corrected chi connectivity index (χ2v) is 4.14. The van der Waals surface area contributed by atoms with Crippen molar-refractivity contribution >= 4 is 5.91 Å². The summed E-state index contributed by atoms with van der Waals surface area (Å²) in [7, 11) is 1.63. The molecule has 1 unspecified atom stereocenters. The van der Waals surface area contributed by atoms with E-state index in [4.69, 9.17) is 20.9 Å². The Labute approximate surface area is 109 Å². The summed E-state index contributed by atoms with van der Waals surface area (Å²) >= 11 is 0. The number of rotatable bonds is 12. The third kappa shape index (κ3) is 10.5. The van der Waals surface area contributed by atoms with Gasteiger partial charge in [0.05, 0.1) is 19.3 Å². The molecule has 0 aromatic rings. The van der Waals surface area contributed by atoms with Gasteiger partial charge in [-0.15, -0.1) is 0 Å². The predicted octanol–water partition coefficient (Wildman–Crippen LogP) is -0.388. The Morgan fingerprint density at radius 3 is 2.67 bits per heavy atom. The molecule has 0 rings (SSSR count). The lowest BCUT2D eigenvalue weighted by atomic mass is 10.1. The molecule has 0 radical (unpaired) electrons. The Morgan fingerprint density at radius 1 is 1.22 bits per heavy atom. The number of carbonyl (C=O) groups is 1. The third-order valence-corrected chi connectivity index (χ3v) is 2.50. The lowest BCUT2D eigenvalue weighted by Gasteiger charge is -2.11. The van der Waals surface area contributed by atoms with Crippen LogP contribution in [0.25, 0.3) is 0 Å². The van der Waals surface area contributed by atoms with Gasteiger partial charge in [-0.2, -0.15) is 0 Å². The van der Waals surface area contributed by atoms with Crippen LogP contribution in [0.5, 0.6) is 0 Å². The summed E-state index contributed by atoms with van der Waals surface area (Å²) in [5.74, 6) is -0.0936. The van der Waals surface area contributed by atoms with Crippen LogP contribution in [0, 0.1) is 0 Å². The van der Waals surface area contributed by atoms with Crippen molar-refractivity contribution in [1.29, 1.82) is 0 Å². The van der Waals surface area contributed by atoms with Crippen LogP contribution in [0.2, 0.25) is 0 Å². The zero-order chi connectivity index (χ0) is 13.6. The highest BCUT2D eigenvalue weighted by Crippen LogP contribution is 1.97. The Bertz CT molecular complexity index is 203. The summed E-state index contributed by atoms with van der Waals surface area (Å²) in [4.78, 5) is 11.5. The number of nitrogens with one attached hydrogen (secondary N) is 1. The maximum Gasteiger partial charge on any atom is 0.236 e. The van der Waals surface area contributed by atoms with Gasteiger partial charge in [0.2, 0.25) is 5.91 Å². The summed E-state index contributed by atoms with van der Waals surface area (Å²) < 4.78 is 10.1. The fourth-order valence-electron chi connectivity index (χ4n) is 1.40. The first-order valence-corrected chi connectivity index (χ1v) is 6.52. The van der Waals surface area contributed by atoms with Crippen LogP contribution >= 0.6 is 0 Å². The number of hydrogen-bond donors (Lipinski definition) is 3. The Hall–Kier alpha value is -0.690. The monoisotopic (exact) mass is 261 g/mol. The second kappa shape index (κ2) is 12.8. The van der Waals surface area contributed by atoms with Crippen molar-refractivity contribution in [2.24, 2.45) is 11.5 Å². The molecule has 0 aromatic heterocycles. The molecule has 1 amide bonds. The summed E-state index contributed by atoms with van der Waals surface area (Å²) in [6.07, 6.45) is 3.28. The van der Waals surface area contributed by atoms with Gasteiger partial charge in [0.15, 0.2) is 0 Å². The minimum atomic E-state index is -0.425. The van der Waals surface area contributed by atoms with Gasteiger partial charge in [-0.1, -0.05) is 6.42 Å². The molecule has 0 fully saturated rings. The smallest absolute Gasteiger partial charge is 0.236 e. The highest BCUT2D eigenvalue weighted by Gasteiger charge is 2.11. The number of nitrogens with two attached hydrogens (primary N) is 2. The molecule has 0 aromatic carbocycles. The second-order valence-electron chi connectivity index (χ2n) is 4.14. The molecule has 6 heteroatoms. The minimum absolute atomic E-state index is 0.0936. The van der Waals surface area contributed by atoms with Crippen LogP contribution in [0.3, 0.4) is 0 Å². The van der Waals surface area contributed by atoms with Gasteiger partial charge in [0, 0.05) is 20.3 Å². The molecular weight excluding hydrogens is 234 g/mol. The number of hydrogen-bond acceptors (Lipinski definition) is 5. The average Bonchev–Trinajstić information content (AvgIpc) is 2.37. The van der Waals surface area contributed by atoms with Crippen molar-refractivity contribution in [3.05, 3.63) is 0 Å². The molecular formula is C12H27N3O3. The van der Waals surface area contributed by atoms with Gasteiger partial charge < -0.3 is 26.3 Å². The van der Waals surface area contributed by atoms with E-state index < -0.39 is 6.04 Å². The first-order chi connectivity index (χ1) is 8.72. The van der Waals surface area contributed by atoms with Crippen LogP contribution in [0.1, 0.15) is 25.7 Å². The van der Waals surface area contributed by atoms with E-state index in [0.717, 1.165) is 19.3 Å². The first kappa shape index (κ1) is 17.3. The normalized spacial score (nSPS) is 12.4. The molecule has 0 saturated carbocycles. The third-order valence-electron chi connectivity index (χ3n) is 2.50. The molecule has 0 spiro atoms. The highest BCUT2D eigenvalue weighted by molar-refractivity contribution is 5.81. The molecule has 5 N–H and O–H groups in total. The van der Waals surface area contributed by atoms with Crippen LogP contribution in [-0.2, 0) is 14.3 Å². The van der Waals surface area contributed by atoms with Gasteiger partial charge in [0.25, 0.3) is 0 Å². The largest absolute Gasteiger partial charge is 0.382 e. The summed E-state index contributed by atoms with van der Waals surface area (Å²) in [6, 6.07) is -0.425. The molecule has 0 bridgehead atoms. The van der Waals surface area contributed by atoms with Gasteiger partial charge >= 0.3 is 0 Å². The summed E-state index contributed by atoms with van der Waals surface area (Å²) in [5.41, 5.74) is 11.1. The maximum absolute atomic E-state index is 11.5. The molecule has 1 atom stereocenters. The van der Waals surface area contributed by atoms with Crippen molar-refractivity contribution in [1.82, 2.24) is 5.32 Å². The van der Waals surface area contributed by atoms with Gasteiger partial charge in [-0.05, 0) is 25.8 Å². The summed E-state index contributed by atoms with van der Waals surface area (Å²) in [5, 5.41) is 2.79. The van der Waals surface area contributed by atoms with Crippen LogP contribution in [0.15, 0.2) is 0 Å². The van der Waals surface area contributed by atoms with Gasteiger partial charge in [-0.3, -0.25) is 4.79 Å². The van der Waals surface area contributed by atoms with Crippen LogP contribution < -0.4 is 16.8 Å². The SMILES string of the molecule is COCCOCCCNC(=O)C(N)CCCCN. The van der Waals surface area contributed by atoms with E-state index >= 15 is 0 Å². The molecule has 18 heavy (non-hydrogen) atoms. The van der Waals surface area contributed by atoms with E-state index in [0.29, 0.717) is 39.3 Å². The lowest BCUT2D eigenvalue weighted by Crippen LogP contribution is -2.41. The average molecular weight is 261 g/mol. The van der Waals surface area contributed by atoms with E-state index in [1.807, 2.05) is 0 Å². The van der Waals surface area contributed by atoms with Crippen LogP contribution in [-0.4, -0.2) is 52.0 Å². The fourth-order valence-corrected chi connectivity index (χ4v) is 1.40. The molecule has 6 nitrogen and oxygen atoms in total. The lowest BCUT2D eigenvalue weighted by molar-refractivity contribution is -0.122. The van der Waals surface area contributed by atoms with Crippen LogP contribution in [0.4, 0.5) is 0 Å². The van der Waals surface area contributed by atoms with E-state index in [2.05, 4.69) is 5.32 Å². The fraction of sp³-hybridized carbons (Fsp3) is 0.917. The molecule has 0 heterocycles. The quantitative estimate of drug-likeness (QED) is 0.416. The van der Waals surface area contributed by atoms with Crippen molar-refractivity contribution in [2.45, 2.75) is 31.7 Å². The number of methoxy groups -OCH3 is 1. The van der Waals surface area contributed by atoms with Crippen molar-refractivity contribution in [3.8, 4) is 0 Å². The highest BCUT2D eigenvalue weighted by atomic mass is 16.5. The van der Waals surface area contributed by atoms with Gasteiger partial charge in [0.1, 0.15) is 0 Å². The Morgan fingerprint density at radius 2 is 2.00 bits per heavy atom. The Kier molecular flexibility index (Phi) is 12.3. The van der Waals surface area contributed by atoms with Crippen molar-refractivity contribution < 1.29 is 14.3 Å². The van der Waals surface area contributed by atoms with E-state index in [1.165, 1.54) is 0 Å². The topological polar surface area (TPSA) is 99.6 Å². The maximum atomic E-state index is 11.5. The van der Waals surface area contributed by atoms with E-state index in [9.17, 15) is 4.79 Å². The number of ether oxygens (including phenoxy) is 2. The van der Waals surface area contributed by atoms with E-state index in [1.54, 1.807) is 7.11 Å². The Balaban J connectivity index is 3.35. The molecule has 0 aliphatic carbocycles. The van der Waals surface area contributed by atoms with E-state index in [-0.39, 0.29) is 5.91 Å². The number of unbranched alkanes of at least 4 members (excludes halogenated alkanes) is 1. The molecule has 0 saturated heterocycles. The zero-order valence-electron chi connectivity index (χ0n) is 11.3. The summed E-state index contributed by atoms with van der Waals surface area (Å²) in [6.45, 7) is 3.04. The minimum Gasteiger partial charge on any atom is -0.382 e. The predicted molar refractivity (Wildman–Crippen MR) is 71.2 cm³/mol. The standard InChI is InChI=1S/C12H27N3O3/c1-17-9-10-18-8-4-7-15-12(16)11(14)5-2-3-6-13/h11H,2-10,13-14H2,1H3,(H,15,16). The van der Waals surface area contributed by atoms with Crippen molar-refractivity contribution in [2.75, 3.05) is 40.0 Å².